The number of phenols is 1. The molecule has 172 valence electrons. The first-order chi connectivity index (χ1) is 15.8. The Bertz CT molecular complexity index is 1260. The maximum absolute atomic E-state index is 13.5. The summed E-state index contributed by atoms with van der Waals surface area (Å²) in [6.45, 7) is 0.627. The highest BCUT2D eigenvalue weighted by Gasteiger charge is 2.44. The van der Waals surface area contributed by atoms with Crippen molar-refractivity contribution < 1.29 is 33.7 Å². The topological polar surface area (TPSA) is 109 Å². The first-order valence-electron chi connectivity index (χ1n) is 10.2. The zero-order valence-corrected chi connectivity index (χ0v) is 18.8. The molecule has 1 amide bonds. The van der Waals surface area contributed by atoms with Gasteiger partial charge >= 0.3 is 0 Å². The Morgan fingerprint density at radius 2 is 1.97 bits per heavy atom. The van der Waals surface area contributed by atoms with E-state index in [1.807, 2.05) is 0 Å². The van der Waals surface area contributed by atoms with Crippen molar-refractivity contribution in [3.63, 3.8) is 0 Å². The van der Waals surface area contributed by atoms with Crippen LogP contribution in [0.2, 0.25) is 5.02 Å². The predicted octanol–water partition coefficient (Wildman–Crippen LogP) is 4.42. The molecule has 0 fully saturated rings. The Morgan fingerprint density at radius 3 is 2.67 bits per heavy atom. The number of rotatable bonds is 8. The van der Waals surface area contributed by atoms with Gasteiger partial charge in [-0.15, -0.1) is 0 Å². The Morgan fingerprint density at radius 1 is 1.18 bits per heavy atom. The lowest BCUT2D eigenvalue weighted by Gasteiger charge is -2.26. The molecular formula is C24H22ClNO7. The van der Waals surface area contributed by atoms with E-state index in [0.29, 0.717) is 40.3 Å². The minimum absolute atomic E-state index is 0.0295. The van der Waals surface area contributed by atoms with E-state index >= 15 is 0 Å². The van der Waals surface area contributed by atoms with Crippen LogP contribution in [0.4, 0.5) is 0 Å². The molecule has 0 radical (unpaired) electrons. The van der Waals surface area contributed by atoms with Crippen LogP contribution in [-0.2, 0) is 9.53 Å². The van der Waals surface area contributed by atoms with Gasteiger partial charge < -0.3 is 29.0 Å². The fourth-order valence-electron chi connectivity index (χ4n) is 4.02. The van der Waals surface area contributed by atoms with Crippen LogP contribution in [0.1, 0.15) is 28.6 Å². The molecule has 4 rings (SSSR count). The molecule has 1 aliphatic heterocycles. The van der Waals surface area contributed by atoms with Crippen LogP contribution in [0.3, 0.4) is 0 Å². The molecular weight excluding hydrogens is 450 g/mol. The van der Waals surface area contributed by atoms with Gasteiger partial charge in [-0.3, -0.25) is 9.59 Å². The van der Waals surface area contributed by atoms with E-state index in [9.17, 15) is 19.8 Å². The second kappa shape index (κ2) is 9.17. The molecule has 0 spiro atoms. The second-order valence-electron chi connectivity index (χ2n) is 7.57. The lowest BCUT2D eigenvalue weighted by molar-refractivity contribution is -0.129. The van der Waals surface area contributed by atoms with Crippen molar-refractivity contribution in [1.82, 2.24) is 4.90 Å². The van der Waals surface area contributed by atoms with E-state index in [0.717, 1.165) is 0 Å². The van der Waals surface area contributed by atoms with Gasteiger partial charge in [0.25, 0.3) is 5.91 Å². The summed E-state index contributed by atoms with van der Waals surface area (Å²) < 4.78 is 16.1. The van der Waals surface area contributed by atoms with Crippen molar-refractivity contribution in [3.8, 4) is 11.5 Å². The smallest absolute Gasteiger partial charge is 0.290 e. The van der Waals surface area contributed by atoms with Crippen LogP contribution in [0.5, 0.6) is 11.5 Å². The second-order valence-corrected chi connectivity index (χ2v) is 8.01. The van der Waals surface area contributed by atoms with Gasteiger partial charge in [0.05, 0.1) is 18.7 Å². The van der Waals surface area contributed by atoms with E-state index in [-0.39, 0.29) is 23.6 Å². The molecule has 2 N–H and O–H groups in total. The van der Waals surface area contributed by atoms with Crippen LogP contribution >= 0.6 is 11.6 Å². The molecule has 3 aromatic rings. The third kappa shape index (κ3) is 4.15. The molecule has 1 atom stereocenters. The number of methoxy groups -OCH3 is 2. The summed E-state index contributed by atoms with van der Waals surface area (Å²) >= 11 is 6.12. The van der Waals surface area contributed by atoms with Crippen molar-refractivity contribution in [2.45, 2.75) is 12.5 Å². The summed E-state index contributed by atoms with van der Waals surface area (Å²) in [7, 11) is 3.00. The molecule has 2 aromatic carbocycles. The van der Waals surface area contributed by atoms with Gasteiger partial charge in [0.2, 0.25) is 5.78 Å². The van der Waals surface area contributed by atoms with Gasteiger partial charge in [0.1, 0.15) is 5.75 Å². The molecule has 0 aliphatic carbocycles. The fraction of sp³-hybridized carbons (Fsp3) is 0.250. The van der Waals surface area contributed by atoms with Crippen LogP contribution in [0, 0.1) is 0 Å². The van der Waals surface area contributed by atoms with E-state index in [2.05, 4.69) is 0 Å². The van der Waals surface area contributed by atoms with Gasteiger partial charge in [-0.2, -0.15) is 0 Å². The number of amides is 1. The summed E-state index contributed by atoms with van der Waals surface area (Å²) in [6, 6.07) is 9.98. The van der Waals surface area contributed by atoms with Crippen molar-refractivity contribution in [1.29, 1.82) is 0 Å². The largest absolute Gasteiger partial charge is 0.508 e. The minimum Gasteiger partial charge on any atom is -0.508 e. The van der Waals surface area contributed by atoms with Gasteiger partial charge in [-0.25, -0.2) is 0 Å². The van der Waals surface area contributed by atoms with E-state index in [4.69, 9.17) is 25.5 Å². The number of nitrogens with zero attached hydrogens (tertiary/aromatic N) is 1. The summed E-state index contributed by atoms with van der Waals surface area (Å²) in [5.74, 6) is -1.75. The summed E-state index contributed by atoms with van der Waals surface area (Å²) in [4.78, 5) is 27.9. The Hall–Kier alpha value is -3.49. The molecule has 9 heteroatoms. The third-order valence-corrected chi connectivity index (χ3v) is 5.69. The number of carbonyl (C=O) groups is 2. The van der Waals surface area contributed by atoms with E-state index in [1.165, 1.54) is 30.2 Å². The highest BCUT2D eigenvalue weighted by molar-refractivity contribution is 6.31. The zero-order chi connectivity index (χ0) is 23.7. The zero-order valence-electron chi connectivity index (χ0n) is 18.0. The molecule has 8 nitrogen and oxygen atoms in total. The van der Waals surface area contributed by atoms with Gasteiger partial charge in [-0.1, -0.05) is 23.7 Å². The molecule has 2 heterocycles. The number of ketones is 1. The van der Waals surface area contributed by atoms with E-state index in [1.54, 1.807) is 31.4 Å². The summed E-state index contributed by atoms with van der Waals surface area (Å²) in [5, 5.41) is 21.7. The van der Waals surface area contributed by atoms with Crippen LogP contribution < -0.4 is 4.74 Å². The lowest BCUT2D eigenvalue weighted by atomic mass is 9.94. The number of aromatic hydroxyl groups is 1. The lowest BCUT2D eigenvalue weighted by Crippen LogP contribution is -2.32. The summed E-state index contributed by atoms with van der Waals surface area (Å²) in [5.41, 5.74) is 0.664. The van der Waals surface area contributed by atoms with Crippen molar-refractivity contribution in [3.05, 3.63) is 70.1 Å². The number of fused-ring (bicyclic) bond motifs is 1. The molecule has 1 unspecified atom stereocenters. The number of ether oxygens (including phenoxy) is 2. The van der Waals surface area contributed by atoms with Gasteiger partial charge in [0.15, 0.2) is 22.9 Å². The molecule has 0 bridgehead atoms. The third-order valence-electron chi connectivity index (χ3n) is 5.47. The molecule has 33 heavy (non-hydrogen) atoms. The molecule has 1 aromatic heterocycles. The maximum atomic E-state index is 13.5. The highest BCUT2D eigenvalue weighted by Crippen LogP contribution is 2.41. The predicted molar refractivity (Wildman–Crippen MR) is 121 cm³/mol. The summed E-state index contributed by atoms with van der Waals surface area (Å²) in [6.07, 6.45) is 0.493. The van der Waals surface area contributed by atoms with Crippen LogP contribution in [0.15, 0.2) is 58.2 Å². The van der Waals surface area contributed by atoms with Crippen molar-refractivity contribution in [2.24, 2.45) is 0 Å². The number of halogens is 1. The average Bonchev–Trinajstić information content (AvgIpc) is 3.32. The molecule has 0 saturated carbocycles. The molecule has 0 saturated heterocycles. The minimum atomic E-state index is -0.910. The van der Waals surface area contributed by atoms with Crippen molar-refractivity contribution in [2.75, 3.05) is 27.4 Å². The van der Waals surface area contributed by atoms with Crippen LogP contribution in [0.25, 0.3) is 11.0 Å². The number of hydrogen-bond donors (Lipinski definition) is 2. The SMILES string of the molecule is COCCCN1C(=O)C(O)=C(C(=O)c2cc3cc(Cl)cc(OC)c3o2)C1c1cccc(O)c1. The van der Waals surface area contributed by atoms with Gasteiger partial charge in [0, 0.05) is 36.7 Å². The first-order valence-corrected chi connectivity index (χ1v) is 10.6. The fourth-order valence-corrected chi connectivity index (χ4v) is 4.24. The number of Topliss-reactive ketones (excluding diaryl/α,β-unsaturated/α-hetero) is 1. The number of carbonyl (C=O) groups excluding carboxylic acids is 2. The standard InChI is InChI=1S/C24H22ClNO7/c1-31-8-4-7-26-20(13-5-3-6-16(27)10-13)19(22(29)24(26)30)21(28)17-11-14-9-15(25)12-18(32-2)23(14)33-17/h3,5-6,9-12,20,27,29H,4,7-8H2,1-2H3. The Balaban J connectivity index is 1.80. The average molecular weight is 472 g/mol. The normalized spacial score (nSPS) is 16.2. The Labute approximate surface area is 194 Å². The quantitative estimate of drug-likeness (QED) is 0.369. The van der Waals surface area contributed by atoms with Crippen molar-refractivity contribution >= 4 is 34.3 Å². The van der Waals surface area contributed by atoms with Crippen LogP contribution in [-0.4, -0.2) is 54.2 Å². The highest BCUT2D eigenvalue weighted by atomic mass is 35.5. The maximum Gasteiger partial charge on any atom is 0.290 e. The van der Waals surface area contributed by atoms with Gasteiger partial charge in [-0.05, 0) is 36.2 Å². The van der Waals surface area contributed by atoms with E-state index < -0.39 is 23.5 Å². The first kappa shape index (κ1) is 22.7. The Kier molecular flexibility index (Phi) is 6.31. The number of hydrogen-bond acceptors (Lipinski definition) is 7. The number of benzene rings is 2. The monoisotopic (exact) mass is 471 g/mol. The number of furan rings is 1. The number of aliphatic hydroxyl groups is 1. The number of aliphatic hydroxyl groups excluding tert-OH is 1. The number of phenolic OH excluding ortho intramolecular Hbond substituents is 1. The molecule has 1 aliphatic rings.